The van der Waals surface area contributed by atoms with Gasteiger partial charge in [-0.25, -0.2) is 0 Å². The minimum Gasteiger partial charge on any atom is -0.377 e. The van der Waals surface area contributed by atoms with E-state index in [4.69, 9.17) is 18.9 Å². The predicted molar refractivity (Wildman–Crippen MR) is 182 cm³/mol. The molecule has 11 heteroatoms. The lowest BCUT2D eigenvalue weighted by molar-refractivity contribution is -0.127. The van der Waals surface area contributed by atoms with E-state index in [0.29, 0.717) is 71.9 Å². The van der Waals surface area contributed by atoms with Gasteiger partial charge in [-0.15, -0.1) is 0 Å². The van der Waals surface area contributed by atoms with Crippen molar-refractivity contribution in [2.24, 2.45) is 0 Å². The van der Waals surface area contributed by atoms with Gasteiger partial charge in [-0.2, -0.15) is 0 Å². The van der Waals surface area contributed by atoms with E-state index in [1.54, 1.807) is 0 Å². The molecule has 0 unspecified atom stereocenters. The third-order valence-electron chi connectivity index (χ3n) is 7.33. The summed E-state index contributed by atoms with van der Waals surface area (Å²) < 4.78 is 21.0. The Labute approximate surface area is 279 Å². The van der Waals surface area contributed by atoms with Crippen LogP contribution in [0.1, 0.15) is 129 Å². The average molecular weight is 658 g/mol. The Hall–Kier alpha value is -2.08. The Bertz CT molecular complexity index is 739. The van der Waals surface area contributed by atoms with E-state index in [9.17, 15) is 19.2 Å². The average Bonchev–Trinajstić information content (AvgIpc) is 3.03. The second kappa shape index (κ2) is 35.8. The van der Waals surface area contributed by atoms with Crippen LogP contribution in [-0.2, 0) is 38.1 Å². The van der Waals surface area contributed by atoms with E-state index in [1.807, 2.05) is 0 Å². The number of ketones is 1. The molecule has 0 aliphatic heterocycles. The number of ether oxygens (including phenoxy) is 4. The van der Waals surface area contributed by atoms with Crippen LogP contribution in [0.3, 0.4) is 0 Å². The fraction of sp³-hybridized carbons (Fsp3) is 0.886. The standard InChI is InChI=1S/C35H67N3O8/c1-3-4-5-6-7-8-9-10-11-12-13-14-15-16-17-19-33(40)36-21-18-20-34(41)37-22-24-43-27-29-46-31-35(42)38-23-25-44-26-28-45-30-32(2)39/h3-31H2,1-2H3,(H,36,40)(H,37,41)(H,38,42). The first-order valence-corrected chi connectivity index (χ1v) is 18.1. The second-order valence-electron chi connectivity index (χ2n) is 11.9. The zero-order valence-corrected chi connectivity index (χ0v) is 29.3. The first kappa shape index (κ1) is 43.9. The predicted octanol–water partition coefficient (Wildman–Crippen LogP) is 5.03. The van der Waals surface area contributed by atoms with E-state index in [1.165, 1.54) is 90.4 Å². The van der Waals surface area contributed by atoms with Crippen molar-refractivity contribution in [2.45, 2.75) is 129 Å². The quantitative estimate of drug-likeness (QED) is 0.0797. The summed E-state index contributed by atoms with van der Waals surface area (Å²) in [5, 5.41) is 8.38. The maximum atomic E-state index is 12.0. The topological polar surface area (TPSA) is 141 Å². The van der Waals surface area contributed by atoms with Crippen molar-refractivity contribution in [3.8, 4) is 0 Å². The zero-order chi connectivity index (χ0) is 33.8. The minimum absolute atomic E-state index is 0.0331. The van der Waals surface area contributed by atoms with Crippen molar-refractivity contribution in [3.05, 3.63) is 0 Å². The third kappa shape index (κ3) is 36.4. The molecule has 11 nitrogen and oxygen atoms in total. The molecule has 0 aliphatic carbocycles. The molecule has 0 aromatic carbocycles. The van der Waals surface area contributed by atoms with Gasteiger partial charge in [0, 0.05) is 32.5 Å². The van der Waals surface area contributed by atoms with Crippen LogP contribution in [0.15, 0.2) is 0 Å². The highest BCUT2D eigenvalue weighted by Gasteiger charge is 2.04. The maximum Gasteiger partial charge on any atom is 0.246 e. The third-order valence-corrected chi connectivity index (χ3v) is 7.33. The number of unbranched alkanes of at least 4 members (excludes halogenated alkanes) is 14. The summed E-state index contributed by atoms with van der Waals surface area (Å²) in [6.07, 6.45) is 21.2. The first-order valence-electron chi connectivity index (χ1n) is 18.1. The molecule has 0 spiro atoms. The minimum atomic E-state index is -0.245. The molecule has 270 valence electrons. The van der Waals surface area contributed by atoms with E-state index < -0.39 is 0 Å². The molecular formula is C35H67N3O8. The molecule has 0 aromatic rings. The van der Waals surface area contributed by atoms with Crippen molar-refractivity contribution in [1.82, 2.24) is 16.0 Å². The second-order valence-corrected chi connectivity index (χ2v) is 11.9. The van der Waals surface area contributed by atoms with Gasteiger partial charge in [-0.1, -0.05) is 96.8 Å². The van der Waals surface area contributed by atoms with Gasteiger partial charge in [-0.05, 0) is 19.8 Å². The van der Waals surface area contributed by atoms with Gasteiger partial charge in [0.25, 0.3) is 0 Å². The van der Waals surface area contributed by atoms with Crippen LogP contribution in [0.5, 0.6) is 0 Å². The van der Waals surface area contributed by atoms with Crippen LogP contribution >= 0.6 is 0 Å². The summed E-state index contributed by atoms with van der Waals surface area (Å²) in [4.78, 5) is 46.4. The van der Waals surface area contributed by atoms with Gasteiger partial charge in [0.2, 0.25) is 17.7 Å². The molecule has 3 amide bonds. The van der Waals surface area contributed by atoms with E-state index in [-0.39, 0.29) is 43.3 Å². The highest BCUT2D eigenvalue weighted by atomic mass is 16.5. The van der Waals surface area contributed by atoms with Crippen LogP contribution < -0.4 is 16.0 Å². The maximum absolute atomic E-state index is 12.0. The number of hydrogen-bond donors (Lipinski definition) is 3. The number of hydrogen-bond acceptors (Lipinski definition) is 8. The zero-order valence-electron chi connectivity index (χ0n) is 29.3. The van der Waals surface area contributed by atoms with Crippen LogP contribution in [0.4, 0.5) is 0 Å². The largest absolute Gasteiger partial charge is 0.377 e. The molecule has 0 bridgehead atoms. The Balaban J connectivity index is 3.34. The summed E-state index contributed by atoms with van der Waals surface area (Å²) in [6.45, 7) is 6.97. The summed E-state index contributed by atoms with van der Waals surface area (Å²) in [7, 11) is 0. The Morgan fingerprint density at radius 2 is 0.804 bits per heavy atom. The number of carbonyl (C=O) groups is 4. The molecule has 0 heterocycles. The number of Topliss-reactive ketones (excluding diaryl/α,β-unsaturated/α-hetero) is 1. The van der Waals surface area contributed by atoms with Crippen molar-refractivity contribution < 1.29 is 38.1 Å². The Morgan fingerprint density at radius 3 is 1.30 bits per heavy atom. The normalized spacial score (nSPS) is 11.0. The van der Waals surface area contributed by atoms with Crippen LogP contribution in [0.25, 0.3) is 0 Å². The van der Waals surface area contributed by atoms with Gasteiger partial charge >= 0.3 is 0 Å². The monoisotopic (exact) mass is 657 g/mol. The molecule has 0 fully saturated rings. The van der Waals surface area contributed by atoms with E-state index in [0.717, 1.165) is 12.8 Å². The van der Waals surface area contributed by atoms with Crippen LogP contribution in [0, 0.1) is 0 Å². The summed E-state index contributed by atoms with van der Waals surface area (Å²) in [5.74, 6) is -0.277. The van der Waals surface area contributed by atoms with Gasteiger partial charge in [0.05, 0.1) is 39.6 Å². The number of rotatable bonds is 36. The summed E-state index contributed by atoms with van der Waals surface area (Å²) in [5.41, 5.74) is 0. The fourth-order valence-electron chi connectivity index (χ4n) is 4.71. The molecular weight excluding hydrogens is 590 g/mol. The SMILES string of the molecule is CCCCCCCCCCCCCCCCCC(=O)NCCCC(=O)NCCOCCOCC(=O)NCCOCCOCC(C)=O. The lowest BCUT2D eigenvalue weighted by Crippen LogP contribution is -2.31. The van der Waals surface area contributed by atoms with Crippen molar-refractivity contribution in [1.29, 1.82) is 0 Å². The molecule has 0 rings (SSSR count). The molecule has 0 saturated carbocycles. The highest BCUT2D eigenvalue weighted by Crippen LogP contribution is 2.13. The van der Waals surface area contributed by atoms with Gasteiger partial charge in [0.15, 0.2) is 5.78 Å². The van der Waals surface area contributed by atoms with E-state index in [2.05, 4.69) is 22.9 Å². The number of carbonyl (C=O) groups excluding carboxylic acids is 4. The Morgan fingerprint density at radius 1 is 0.413 bits per heavy atom. The molecule has 0 aromatic heterocycles. The van der Waals surface area contributed by atoms with Crippen LogP contribution in [0.2, 0.25) is 0 Å². The first-order chi connectivity index (χ1) is 22.5. The molecule has 0 atom stereocenters. The van der Waals surface area contributed by atoms with Crippen molar-refractivity contribution >= 4 is 23.5 Å². The van der Waals surface area contributed by atoms with Crippen molar-refractivity contribution in [2.75, 3.05) is 72.5 Å². The highest BCUT2D eigenvalue weighted by molar-refractivity contribution is 5.77. The summed E-state index contributed by atoms with van der Waals surface area (Å²) in [6, 6.07) is 0. The van der Waals surface area contributed by atoms with Gasteiger partial charge < -0.3 is 34.9 Å². The Kier molecular flexibility index (Phi) is 34.2. The lowest BCUT2D eigenvalue weighted by atomic mass is 10.0. The molecule has 0 saturated heterocycles. The van der Waals surface area contributed by atoms with Gasteiger partial charge in [-0.3, -0.25) is 19.2 Å². The number of nitrogens with one attached hydrogen (secondary N) is 3. The smallest absolute Gasteiger partial charge is 0.246 e. The molecule has 3 N–H and O–H groups in total. The molecule has 0 radical (unpaired) electrons. The molecule has 46 heavy (non-hydrogen) atoms. The van der Waals surface area contributed by atoms with Crippen molar-refractivity contribution in [3.63, 3.8) is 0 Å². The number of amides is 3. The van der Waals surface area contributed by atoms with Crippen LogP contribution in [-0.4, -0.2) is 96.0 Å². The fourth-order valence-corrected chi connectivity index (χ4v) is 4.71. The summed E-state index contributed by atoms with van der Waals surface area (Å²) >= 11 is 0. The lowest BCUT2D eigenvalue weighted by Gasteiger charge is -2.09. The van der Waals surface area contributed by atoms with E-state index >= 15 is 0 Å². The molecule has 0 aliphatic rings. The van der Waals surface area contributed by atoms with Gasteiger partial charge in [0.1, 0.15) is 13.2 Å².